The molecule has 4 heterocycles. The Bertz CT molecular complexity index is 1170. The molecule has 2 aromatic heterocycles. The first-order chi connectivity index (χ1) is 16.8. The van der Waals surface area contributed by atoms with Gasteiger partial charge in [0.25, 0.3) is 11.6 Å². The number of carboxylic acids is 1. The van der Waals surface area contributed by atoms with E-state index < -0.39 is 28.9 Å². The minimum atomic E-state index is -1.63. The molecule has 2 aliphatic heterocycles. The lowest BCUT2D eigenvalue weighted by atomic mass is 9.98. The quantitative estimate of drug-likeness (QED) is 0.224. The fourth-order valence-corrected chi connectivity index (χ4v) is 7.49. The van der Waals surface area contributed by atoms with Crippen LogP contribution in [0.5, 0.6) is 0 Å². The molecule has 0 aliphatic carbocycles. The Morgan fingerprint density at radius 1 is 1.34 bits per heavy atom. The number of methoxy groups -OCH3 is 1. The predicted molar refractivity (Wildman–Crippen MR) is 131 cm³/mol. The number of aliphatic carboxylic acids is 1. The first-order valence-electron chi connectivity index (χ1n) is 10.3. The Morgan fingerprint density at radius 2 is 2.14 bits per heavy atom. The number of tetrazole rings is 1. The van der Waals surface area contributed by atoms with Crippen LogP contribution < -0.4 is 5.32 Å². The molecule has 2 N–H and O–H groups in total. The predicted octanol–water partition coefficient (Wildman–Crippen LogP) is 0.591. The van der Waals surface area contributed by atoms with Crippen molar-refractivity contribution in [1.29, 1.82) is 0 Å². The molecule has 17 heteroatoms. The number of carboxylic acid groups (broad SMARTS) is 1. The molecular weight excluding hydrogens is 537 g/mol. The summed E-state index contributed by atoms with van der Waals surface area (Å²) < 4.78 is 6.20. The highest BCUT2D eigenvalue weighted by atomic mass is 32.2. The van der Waals surface area contributed by atoms with Gasteiger partial charge in [-0.25, -0.2) is 4.79 Å². The van der Waals surface area contributed by atoms with Gasteiger partial charge < -0.3 is 15.2 Å². The van der Waals surface area contributed by atoms with E-state index in [0.29, 0.717) is 35.2 Å². The Labute approximate surface area is 216 Å². The van der Waals surface area contributed by atoms with Gasteiger partial charge in [0, 0.05) is 25.0 Å². The minimum absolute atomic E-state index is 0.0313. The number of thioether (sulfide) groups is 3. The molecule has 0 radical (unpaired) electrons. The van der Waals surface area contributed by atoms with Gasteiger partial charge in [-0.1, -0.05) is 30.0 Å². The van der Waals surface area contributed by atoms with Crippen LogP contribution in [0.2, 0.25) is 0 Å². The van der Waals surface area contributed by atoms with Gasteiger partial charge in [0.1, 0.15) is 22.0 Å². The van der Waals surface area contributed by atoms with E-state index in [1.165, 1.54) is 63.4 Å². The van der Waals surface area contributed by atoms with Crippen molar-refractivity contribution in [1.82, 2.24) is 40.6 Å². The van der Waals surface area contributed by atoms with E-state index >= 15 is 0 Å². The number of hydrogen-bond donors (Lipinski definition) is 2. The van der Waals surface area contributed by atoms with Crippen molar-refractivity contribution in [2.45, 2.75) is 41.6 Å². The van der Waals surface area contributed by atoms with Crippen molar-refractivity contribution in [2.24, 2.45) is 0 Å². The van der Waals surface area contributed by atoms with E-state index in [4.69, 9.17) is 4.74 Å². The summed E-state index contributed by atoms with van der Waals surface area (Å²) in [5, 5.41) is 32.6. The SMILES string of the molecule is CCc1nnn(CSCC(=O)N[C@]2(OC)C(=O)N3C(C(=O)O)=C(CSc4nnc(C)s4)CSC32)n1. The average molecular weight is 559 g/mol. The lowest BCUT2D eigenvalue weighted by Gasteiger charge is -2.55. The third-order valence-electron chi connectivity index (χ3n) is 5.09. The number of aromatic nitrogens is 6. The second-order valence-electron chi connectivity index (χ2n) is 7.37. The minimum Gasteiger partial charge on any atom is -0.477 e. The van der Waals surface area contributed by atoms with Crippen LogP contribution in [-0.4, -0.2) is 93.7 Å². The first kappa shape index (κ1) is 25.9. The molecule has 1 unspecified atom stereocenters. The number of carbonyl (C=O) groups excluding carboxylic acids is 2. The third kappa shape index (κ3) is 5.18. The zero-order valence-corrected chi connectivity index (χ0v) is 22.2. The number of amides is 2. The Morgan fingerprint density at radius 3 is 2.77 bits per heavy atom. The zero-order chi connectivity index (χ0) is 25.2. The fourth-order valence-electron chi connectivity index (χ4n) is 3.48. The van der Waals surface area contributed by atoms with Crippen LogP contribution in [0.3, 0.4) is 0 Å². The maximum Gasteiger partial charge on any atom is 0.352 e. The van der Waals surface area contributed by atoms with E-state index in [0.717, 1.165) is 9.35 Å². The highest BCUT2D eigenvalue weighted by Crippen LogP contribution is 2.47. The second kappa shape index (κ2) is 10.8. The van der Waals surface area contributed by atoms with Gasteiger partial charge in [-0.3, -0.25) is 14.5 Å². The standard InChI is InChI=1S/C18H22N8O5S4/c1-4-11-21-24-25(23-11)8-32-7-12(27)19-18(31-3)15(30)26-13(14(28)29)10(5-33-16(18)26)6-34-17-22-20-9(2)35-17/h16H,4-8H2,1-3H3,(H,19,27)(H,28,29)/t16?,18-/m0/s1. The molecule has 0 bridgehead atoms. The molecule has 2 aliphatic rings. The fraction of sp³-hybridized carbons (Fsp3) is 0.556. The zero-order valence-electron chi connectivity index (χ0n) is 19.0. The molecule has 0 saturated carbocycles. The normalized spacial score (nSPS) is 21.6. The van der Waals surface area contributed by atoms with Crippen molar-refractivity contribution in [3.8, 4) is 0 Å². The largest absolute Gasteiger partial charge is 0.477 e. The second-order valence-corrected chi connectivity index (χ2v) is 11.8. The summed E-state index contributed by atoms with van der Waals surface area (Å²) in [6, 6.07) is 0. The summed E-state index contributed by atoms with van der Waals surface area (Å²) in [6.45, 7) is 3.76. The monoisotopic (exact) mass is 558 g/mol. The van der Waals surface area contributed by atoms with Crippen molar-refractivity contribution in [3.05, 3.63) is 22.1 Å². The third-order valence-corrected chi connectivity index (χ3v) is 9.40. The number of β-lactam (4-membered cyclic amide) rings is 1. The topological polar surface area (TPSA) is 165 Å². The Kier molecular flexibility index (Phi) is 7.99. The lowest BCUT2D eigenvalue weighted by molar-refractivity contribution is -0.192. The van der Waals surface area contributed by atoms with E-state index in [2.05, 4.69) is 30.9 Å². The summed E-state index contributed by atoms with van der Waals surface area (Å²) in [6.07, 6.45) is 0.661. The highest BCUT2D eigenvalue weighted by Gasteiger charge is 2.66. The summed E-state index contributed by atoms with van der Waals surface area (Å²) >= 11 is 5.39. The molecule has 2 atom stereocenters. The molecule has 35 heavy (non-hydrogen) atoms. The number of carbonyl (C=O) groups is 3. The van der Waals surface area contributed by atoms with Crippen LogP contribution in [0.4, 0.5) is 0 Å². The van der Waals surface area contributed by atoms with Gasteiger partial charge >= 0.3 is 5.97 Å². The van der Waals surface area contributed by atoms with E-state index in [-0.39, 0.29) is 11.4 Å². The van der Waals surface area contributed by atoms with Crippen LogP contribution in [0.15, 0.2) is 15.6 Å². The van der Waals surface area contributed by atoms with Crippen LogP contribution in [-0.2, 0) is 31.4 Å². The van der Waals surface area contributed by atoms with Crippen LogP contribution >= 0.6 is 46.6 Å². The Balaban J connectivity index is 1.40. The van der Waals surface area contributed by atoms with Gasteiger partial charge in [0.15, 0.2) is 10.2 Å². The Hall–Kier alpha value is -2.21. The van der Waals surface area contributed by atoms with Crippen molar-refractivity contribution < 1.29 is 24.2 Å². The molecule has 2 amide bonds. The molecule has 188 valence electrons. The maximum atomic E-state index is 13.2. The number of ether oxygens (including phenoxy) is 1. The molecule has 1 fully saturated rings. The molecular formula is C18H22N8O5S4. The molecule has 0 spiro atoms. The van der Waals surface area contributed by atoms with E-state index in [9.17, 15) is 19.5 Å². The van der Waals surface area contributed by atoms with Gasteiger partial charge in [-0.2, -0.15) is 4.80 Å². The van der Waals surface area contributed by atoms with Crippen LogP contribution in [0.1, 0.15) is 17.8 Å². The van der Waals surface area contributed by atoms with Crippen molar-refractivity contribution in [3.63, 3.8) is 0 Å². The van der Waals surface area contributed by atoms with Gasteiger partial charge in [0.05, 0.1) is 5.75 Å². The molecule has 0 aromatic carbocycles. The molecule has 2 aromatic rings. The number of nitrogens with one attached hydrogen (secondary N) is 1. The van der Waals surface area contributed by atoms with Crippen molar-refractivity contribution >= 4 is 64.4 Å². The van der Waals surface area contributed by atoms with Crippen LogP contribution in [0, 0.1) is 6.92 Å². The van der Waals surface area contributed by atoms with Gasteiger partial charge in [0.2, 0.25) is 5.91 Å². The summed E-state index contributed by atoms with van der Waals surface area (Å²) in [5.41, 5.74) is -1.10. The number of nitrogens with zero attached hydrogens (tertiary/aromatic N) is 7. The number of hydrogen-bond acceptors (Lipinski definition) is 13. The van der Waals surface area contributed by atoms with Gasteiger partial charge in [-0.05, 0) is 17.7 Å². The van der Waals surface area contributed by atoms with Gasteiger partial charge in [-0.15, -0.1) is 43.9 Å². The van der Waals surface area contributed by atoms with Crippen LogP contribution in [0.25, 0.3) is 0 Å². The molecule has 1 saturated heterocycles. The van der Waals surface area contributed by atoms with E-state index in [1.54, 1.807) is 0 Å². The lowest BCUT2D eigenvalue weighted by Crippen LogP contribution is -2.80. The summed E-state index contributed by atoms with van der Waals surface area (Å²) in [4.78, 5) is 40.5. The highest BCUT2D eigenvalue weighted by molar-refractivity contribution is 8.02. The smallest absolute Gasteiger partial charge is 0.352 e. The number of rotatable bonds is 11. The number of fused-ring (bicyclic) bond motifs is 1. The summed E-state index contributed by atoms with van der Waals surface area (Å²) in [7, 11) is 1.32. The average Bonchev–Trinajstić information content (AvgIpc) is 3.48. The molecule has 13 nitrogen and oxygen atoms in total. The first-order valence-corrected chi connectivity index (χ1v) is 14.3. The van der Waals surface area contributed by atoms with E-state index in [1.807, 2.05) is 13.8 Å². The molecule has 4 rings (SSSR count). The summed E-state index contributed by atoms with van der Waals surface area (Å²) in [5.74, 6) is -0.550. The number of aryl methyl sites for hydroxylation is 2. The maximum absolute atomic E-state index is 13.2. The van der Waals surface area contributed by atoms with Crippen molar-refractivity contribution in [2.75, 3.05) is 24.4 Å².